The van der Waals surface area contributed by atoms with Crippen LogP contribution in [0.4, 0.5) is 5.69 Å². The molecule has 3 heteroatoms. The first-order valence-electron chi connectivity index (χ1n) is 6.49. The molecule has 0 aliphatic carbocycles. The molecule has 0 atom stereocenters. The van der Waals surface area contributed by atoms with E-state index in [0.717, 1.165) is 35.5 Å². The van der Waals surface area contributed by atoms with Gasteiger partial charge in [0.25, 0.3) is 0 Å². The minimum atomic E-state index is 0.768. The van der Waals surface area contributed by atoms with E-state index in [-0.39, 0.29) is 0 Å². The lowest BCUT2D eigenvalue weighted by atomic mass is 10.2. The molecule has 0 bridgehead atoms. The standard InChI is InChI=1S/C16H18BrNO/c1-2-11-19-15-9-7-14(8-10-15)18-12-13-5-3-4-6-16(13)17/h3-10,18H,2,11-12H2,1H3. The van der Waals surface area contributed by atoms with Gasteiger partial charge in [0.2, 0.25) is 0 Å². The molecule has 0 saturated heterocycles. The van der Waals surface area contributed by atoms with Crippen molar-refractivity contribution in [3.63, 3.8) is 0 Å². The van der Waals surface area contributed by atoms with Gasteiger partial charge in [0.1, 0.15) is 5.75 Å². The van der Waals surface area contributed by atoms with Crippen LogP contribution in [0, 0.1) is 0 Å². The van der Waals surface area contributed by atoms with E-state index >= 15 is 0 Å². The van der Waals surface area contributed by atoms with E-state index in [1.165, 1.54) is 5.56 Å². The van der Waals surface area contributed by atoms with Gasteiger partial charge in [-0.15, -0.1) is 0 Å². The fraction of sp³-hybridized carbons (Fsp3) is 0.250. The normalized spacial score (nSPS) is 10.2. The van der Waals surface area contributed by atoms with Crippen molar-refractivity contribution in [3.05, 3.63) is 58.6 Å². The summed E-state index contributed by atoms with van der Waals surface area (Å²) >= 11 is 3.55. The molecule has 2 rings (SSSR count). The number of hydrogen-bond acceptors (Lipinski definition) is 2. The summed E-state index contributed by atoms with van der Waals surface area (Å²) in [6.45, 7) is 3.67. The predicted octanol–water partition coefficient (Wildman–Crippen LogP) is 4.85. The average Bonchev–Trinajstić information content (AvgIpc) is 2.45. The largest absolute Gasteiger partial charge is 0.494 e. The van der Waals surface area contributed by atoms with Crippen molar-refractivity contribution in [2.75, 3.05) is 11.9 Å². The van der Waals surface area contributed by atoms with E-state index in [1.807, 2.05) is 36.4 Å². The molecule has 0 fully saturated rings. The average molecular weight is 320 g/mol. The summed E-state index contributed by atoms with van der Waals surface area (Å²) < 4.78 is 6.69. The topological polar surface area (TPSA) is 21.3 Å². The second kappa shape index (κ2) is 7.19. The van der Waals surface area contributed by atoms with Gasteiger partial charge in [0.05, 0.1) is 6.61 Å². The minimum Gasteiger partial charge on any atom is -0.494 e. The Hall–Kier alpha value is -1.48. The zero-order valence-corrected chi connectivity index (χ0v) is 12.6. The number of nitrogens with one attached hydrogen (secondary N) is 1. The highest BCUT2D eigenvalue weighted by atomic mass is 79.9. The number of halogens is 1. The van der Waals surface area contributed by atoms with Crippen LogP contribution in [-0.2, 0) is 6.54 Å². The summed E-state index contributed by atoms with van der Waals surface area (Å²) in [5.74, 6) is 0.924. The first kappa shape index (κ1) is 13.9. The SMILES string of the molecule is CCCOc1ccc(NCc2ccccc2Br)cc1. The summed E-state index contributed by atoms with van der Waals surface area (Å²) in [5.41, 5.74) is 2.34. The molecule has 0 heterocycles. The molecule has 0 spiro atoms. The van der Waals surface area contributed by atoms with E-state index in [0.29, 0.717) is 0 Å². The smallest absolute Gasteiger partial charge is 0.119 e. The molecule has 0 radical (unpaired) electrons. The Morgan fingerprint density at radius 2 is 1.79 bits per heavy atom. The Bertz CT molecular complexity index is 510. The Kier molecular flexibility index (Phi) is 5.28. The van der Waals surface area contributed by atoms with Crippen molar-refractivity contribution in [3.8, 4) is 5.75 Å². The third-order valence-electron chi connectivity index (χ3n) is 2.77. The number of ether oxygens (including phenoxy) is 1. The molecule has 100 valence electrons. The maximum atomic E-state index is 5.56. The van der Waals surface area contributed by atoms with Gasteiger partial charge in [-0.2, -0.15) is 0 Å². The molecule has 2 nitrogen and oxygen atoms in total. The molecule has 0 saturated carbocycles. The highest BCUT2D eigenvalue weighted by Gasteiger charge is 1.99. The number of hydrogen-bond donors (Lipinski definition) is 1. The minimum absolute atomic E-state index is 0.768. The fourth-order valence-corrected chi connectivity index (χ4v) is 2.15. The Labute approximate surface area is 122 Å². The molecule has 2 aromatic rings. The number of anilines is 1. The zero-order chi connectivity index (χ0) is 13.5. The summed E-state index contributed by atoms with van der Waals surface area (Å²) in [7, 11) is 0. The van der Waals surface area contributed by atoms with Gasteiger partial charge < -0.3 is 10.1 Å². The molecular formula is C16H18BrNO. The quantitative estimate of drug-likeness (QED) is 0.821. The third kappa shape index (κ3) is 4.28. The van der Waals surface area contributed by atoms with Gasteiger partial charge in [0, 0.05) is 16.7 Å². The van der Waals surface area contributed by atoms with Crippen molar-refractivity contribution in [1.82, 2.24) is 0 Å². The van der Waals surface area contributed by atoms with E-state index < -0.39 is 0 Å². The Balaban J connectivity index is 1.91. The van der Waals surface area contributed by atoms with Gasteiger partial charge >= 0.3 is 0 Å². The second-order valence-corrected chi connectivity index (χ2v) is 5.17. The van der Waals surface area contributed by atoms with Crippen LogP contribution in [0.25, 0.3) is 0 Å². The summed E-state index contributed by atoms with van der Waals surface area (Å²) in [5, 5.41) is 3.40. The molecule has 0 aliphatic rings. The number of benzene rings is 2. The molecule has 19 heavy (non-hydrogen) atoms. The van der Waals surface area contributed by atoms with Gasteiger partial charge in [-0.3, -0.25) is 0 Å². The maximum absolute atomic E-state index is 5.56. The first-order chi connectivity index (χ1) is 9.29. The number of rotatable bonds is 6. The molecule has 0 amide bonds. The molecule has 0 unspecified atom stereocenters. The van der Waals surface area contributed by atoms with E-state index in [2.05, 4.69) is 40.3 Å². The van der Waals surface area contributed by atoms with Gasteiger partial charge in [-0.05, 0) is 42.3 Å². The lowest BCUT2D eigenvalue weighted by Crippen LogP contribution is -2.00. The Morgan fingerprint density at radius 1 is 1.05 bits per heavy atom. The van der Waals surface area contributed by atoms with Gasteiger partial charge in [0.15, 0.2) is 0 Å². The van der Waals surface area contributed by atoms with Crippen LogP contribution in [0.1, 0.15) is 18.9 Å². The van der Waals surface area contributed by atoms with Crippen LogP contribution in [0.2, 0.25) is 0 Å². The monoisotopic (exact) mass is 319 g/mol. The second-order valence-electron chi connectivity index (χ2n) is 4.32. The summed E-state index contributed by atoms with van der Waals surface area (Å²) in [6.07, 6.45) is 1.03. The van der Waals surface area contributed by atoms with Crippen LogP contribution in [0.15, 0.2) is 53.0 Å². The van der Waals surface area contributed by atoms with Crippen LogP contribution in [0.3, 0.4) is 0 Å². The van der Waals surface area contributed by atoms with Crippen LogP contribution in [-0.4, -0.2) is 6.61 Å². The molecule has 2 aromatic carbocycles. The van der Waals surface area contributed by atoms with Crippen molar-refractivity contribution in [1.29, 1.82) is 0 Å². The van der Waals surface area contributed by atoms with E-state index in [4.69, 9.17) is 4.74 Å². The lowest BCUT2D eigenvalue weighted by molar-refractivity contribution is 0.317. The molecule has 0 aliphatic heterocycles. The van der Waals surface area contributed by atoms with Crippen LogP contribution < -0.4 is 10.1 Å². The first-order valence-corrected chi connectivity index (χ1v) is 7.29. The van der Waals surface area contributed by atoms with Gasteiger partial charge in [-0.25, -0.2) is 0 Å². The molecule has 1 N–H and O–H groups in total. The van der Waals surface area contributed by atoms with Crippen molar-refractivity contribution >= 4 is 21.6 Å². The summed E-state index contributed by atoms with van der Waals surface area (Å²) in [6, 6.07) is 16.3. The highest BCUT2D eigenvalue weighted by Crippen LogP contribution is 2.19. The lowest BCUT2D eigenvalue weighted by Gasteiger charge is -2.09. The zero-order valence-electron chi connectivity index (χ0n) is 11.0. The molecular weight excluding hydrogens is 302 g/mol. The third-order valence-corrected chi connectivity index (χ3v) is 3.54. The van der Waals surface area contributed by atoms with Crippen molar-refractivity contribution in [2.24, 2.45) is 0 Å². The van der Waals surface area contributed by atoms with E-state index in [1.54, 1.807) is 0 Å². The molecule has 0 aromatic heterocycles. The highest BCUT2D eigenvalue weighted by molar-refractivity contribution is 9.10. The van der Waals surface area contributed by atoms with E-state index in [9.17, 15) is 0 Å². The maximum Gasteiger partial charge on any atom is 0.119 e. The summed E-state index contributed by atoms with van der Waals surface area (Å²) in [4.78, 5) is 0. The van der Waals surface area contributed by atoms with Crippen LogP contribution in [0.5, 0.6) is 5.75 Å². The van der Waals surface area contributed by atoms with Gasteiger partial charge in [-0.1, -0.05) is 41.1 Å². The predicted molar refractivity (Wildman–Crippen MR) is 83.7 cm³/mol. The van der Waals surface area contributed by atoms with Crippen LogP contribution >= 0.6 is 15.9 Å². The Morgan fingerprint density at radius 3 is 2.47 bits per heavy atom. The van der Waals surface area contributed by atoms with Crippen molar-refractivity contribution in [2.45, 2.75) is 19.9 Å². The van der Waals surface area contributed by atoms with Crippen molar-refractivity contribution < 1.29 is 4.74 Å². The fourth-order valence-electron chi connectivity index (χ4n) is 1.73.